The molecule has 0 radical (unpaired) electrons. The molecule has 0 aliphatic rings. The second-order valence-electron chi connectivity index (χ2n) is 5.08. The van der Waals surface area contributed by atoms with Crippen LogP contribution in [-0.4, -0.2) is 42.4 Å². The molecule has 0 saturated carbocycles. The van der Waals surface area contributed by atoms with Gasteiger partial charge in [0, 0.05) is 6.92 Å². The second kappa shape index (κ2) is 11.1. The monoisotopic (exact) mass is 337 g/mol. The maximum atomic E-state index is 11.7. The Bertz CT molecular complexity index is 548. The number of oxime groups is 1. The molecular formula is C16H23N3O5. The Hall–Kier alpha value is -2.45. The summed E-state index contributed by atoms with van der Waals surface area (Å²) in [5, 5.41) is 14.1. The largest absolute Gasteiger partial charge is 0.446 e. The molecule has 0 unspecified atom stereocenters. The molecular weight excluding hydrogens is 314 g/mol. The summed E-state index contributed by atoms with van der Waals surface area (Å²) >= 11 is 0. The molecule has 0 spiro atoms. The summed E-state index contributed by atoms with van der Waals surface area (Å²) in [5.41, 5.74) is 6.17. The van der Waals surface area contributed by atoms with E-state index in [4.69, 9.17) is 15.7 Å². The fraction of sp³-hybridized carbons (Fsp3) is 0.438. The number of benzene rings is 1. The number of hydrogen-bond acceptors (Lipinski definition) is 8. The van der Waals surface area contributed by atoms with Gasteiger partial charge in [0.2, 0.25) is 5.90 Å². The molecule has 1 atom stereocenters. The summed E-state index contributed by atoms with van der Waals surface area (Å²) in [6, 6.07) is 7.97. The van der Waals surface area contributed by atoms with Crippen molar-refractivity contribution in [2.75, 3.05) is 13.3 Å². The second-order valence-corrected chi connectivity index (χ2v) is 5.08. The predicted molar refractivity (Wildman–Crippen MR) is 87.5 cm³/mol. The number of carbonyl (C=O) groups excluding carboxylic acids is 2. The fourth-order valence-corrected chi connectivity index (χ4v) is 1.82. The number of carbonyl (C=O) groups is 2. The molecule has 0 aliphatic carbocycles. The average Bonchev–Trinajstić information content (AvgIpc) is 2.60. The van der Waals surface area contributed by atoms with E-state index in [0.29, 0.717) is 24.9 Å². The first-order chi connectivity index (χ1) is 11.5. The van der Waals surface area contributed by atoms with Crippen LogP contribution in [0.3, 0.4) is 0 Å². The van der Waals surface area contributed by atoms with E-state index >= 15 is 0 Å². The molecule has 0 heterocycles. The number of ether oxygens (including phenoxy) is 2. The lowest BCUT2D eigenvalue weighted by Gasteiger charge is -2.10. The molecule has 0 saturated heterocycles. The van der Waals surface area contributed by atoms with Crippen molar-refractivity contribution in [1.29, 1.82) is 0 Å². The van der Waals surface area contributed by atoms with Crippen LogP contribution in [0.5, 0.6) is 0 Å². The van der Waals surface area contributed by atoms with Gasteiger partial charge in [-0.3, -0.25) is 5.32 Å². The highest BCUT2D eigenvalue weighted by Gasteiger charge is 2.15. The van der Waals surface area contributed by atoms with Crippen LogP contribution in [0.25, 0.3) is 0 Å². The van der Waals surface area contributed by atoms with E-state index in [9.17, 15) is 9.59 Å². The quantitative estimate of drug-likeness (QED) is 0.118. The molecule has 1 aromatic carbocycles. The Morgan fingerprint density at radius 1 is 1.29 bits per heavy atom. The Labute approximate surface area is 140 Å². The van der Waals surface area contributed by atoms with Crippen LogP contribution < -0.4 is 11.1 Å². The van der Waals surface area contributed by atoms with Gasteiger partial charge in [-0.2, -0.15) is 0 Å². The van der Waals surface area contributed by atoms with Crippen LogP contribution in [-0.2, 0) is 14.3 Å². The Morgan fingerprint density at radius 3 is 2.67 bits per heavy atom. The highest BCUT2D eigenvalue weighted by Crippen LogP contribution is 2.02. The van der Waals surface area contributed by atoms with Crippen LogP contribution in [0.4, 0.5) is 0 Å². The SMILES string of the molecule is CC(=NO)OC(=O)[C@@H](N)CCCCNCOC(=O)c1ccccc1. The number of nitrogens with two attached hydrogens (primary N) is 1. The fourth-order valence-electron chi connectivity index (χ4n) is 1.82. The number of hydrogen-bond donors (Lipinski definition) is 3. The minimum Gasteiger partial charge on any atom is -0.446 e. The third-order valence-electron chi connectivity index (χ3n) is 3.13. The smallest absolute Gasteiger partial charge is 0.339 e. The van der Waals surface area contributed by atoms with Crippen molar-refractivity contribution in [1.82, 2.24) is 5.32 Å². The summed E-state index contributed by atoms with van der Waals surface area (Å²) in [6.07, 6.45) is 1.91. The van der Waals surface area contributed by atoms with Crippen LogP contribution in [0.15, 0.2) is 35.5 Å². The summed E-state index contributed by atoms with van der Waals surface area (Å²) < 4.78 is 9.75. The van der Waals surface area contributed by atoms with Gasteiger partial charge in [-0.1, -0.05) is 29.8 Å². The standard InChI is InChI=1S/C16H23N3O5/c1-12(19-22)24-16(21)14(17)9-5-6-10-18-11-23-15(20)13-7-3-2-4-8-13/h2-4,7-8,14,18,22H,5-6,9-11,17H2,1H3/t14-/m0/s1. The van der Waals surface area contributed by atoms with E-state index in [0.717, 1.165) is 6.42 Å². The third-order valence-corrected chi connectivity index (χ3v) is 3.13. The summed E-state index contributed by atoms with van der Waals surface area (Å²) in [6.45, 7) is 2.10. The highest BCUT2D eigenvalue weighted by atomic mass is 16.6. The van der Waals surface area contributed by atoms with Crippen molar-refractivity contribution in [3.05, 3.63) is 35.9 Å². The highest BCUT2D eigenvalue weighted by molar-refractivity contribution is 5.89. The van der Waals surface area contributed by atoms with Gasteiger partial charge in [-0.25, -0.2) is 9.59 Å². The van der Waals surface area contributed by atoms with Gasteiger partial charge >= 0.3 is 11.9 Å². The maximum absolute atomic E-state index is 11.7. The lowest BCUT2D eigenvalue weighted by Crippen LogP contribution is -2.33. The Balaban J connectivity index is 2.06. The molecule has 132 valence electrons. The van der Waals surface area contributed by atoms with Crippen molar-refractivity contribution in [2.45, 2.75) is 32.2 Å². The van der Waals surface area contributed by atoms with Crippen molar-refractivity contribution >= 4 is 17.8 Å². The molecule has 0 amide bonds. The zero-order chi connectivity index (χ0) is 17.8. The summed E-state index contributed by atoms with van der Waals surface area (Å²) in [4.78, 5) is 23.1. The van der Waals surface area contributed by atoms with Crippen LogP contribution >= 0.6 is 0 Å². The summed E-state index contributed by atoms with van der Waals surface area (Å²) in [5.74, 6) is -1.15. The lowest BCUT2D eigenvalue weighted by atomic mass is 10.1. The Kier molecular flexibility index (Phi) is 9.10. The molecule has 0 bridgehead atoms. The first-order valence-electron chi connectivity index (χ1n) is 7.63. The first-order valence-corrected chi connectivity index (χ1v) is 7.63. The topological polar surface area (TPSA) is 123 Å². The molecule has 8 nitrogen and oxygen atoms in total. The van der Waals surface area contributed by atoms with E-state index < -0.39 is 12.0 Å². The number of unbranched alkanes of at least 4 members (excludes halogenated alkanes) is 1. The van der Waals surface area contributed by atoms with Crippen molar-refractivity contribution in [2.24, 2.45) is 10.9 Å². The molecule has 24 heavy (non-hydrogen) atoms. The molecule has 1 rings (SSSR count). The molecule has 0 fully saturated rings. The van der Waals surface area contributed by atoms with Gasteiger partial charge in [0.25, 0.3) is 0 Å². The number of nitrogens with zero attached hydrogens (tertiary/aromatic N) is 1. The zero-order valence-electron chi connectivity index (χ0n) is 13.6. The lowest BCUT2D eigenvalue weighted by molar-refractivity contribution is -0.137. The van der Waals surface area contributed by atoms with Gasteiger partial charge in [0.1, 0.15) is 12.8 Å². The third kappa shape index (κ3) is 7.70. The van der Waals surface area contributed by atoms with E-state index in [-0.39, 0.29) is 18.6 Å². The van der Waals surface area contributed by atoms with Gasteiger partial charge in [0.15, 0.2) is 0 Å². The number of esters is 2. The van der Waals surface area contributed by atoms with E-state index in [1.165, 1.54) is 6.92 Å². The van der Waals surface area contributed by atoms with Gasteiger partial charge in [-0.15, -0.1) is 0 Å². The van der Waals surface area contributed by atoms with Crippen LogP contribution in [0, 0.1) is 0 Å². The molecule has 4 N–H and O–H groups in total. The zero-order valence-corrected chi connectivity index (χ0v) is 13.6. The van der Waals surface area contributed by atoms with Crippen molar-refractivity contribution in [3.8, 4) is 0 Å². The van der Waals surface area contributed by atoms with Crippen LogP contribution in [0.2, 0.25) is 0 Å². The number of nitrogens with one attached hydrogen (secondary N) is 1. The van der Waals surface area contributed by atoms with Gasteiger partial charge in [-0.05, 0) is 31.5 Å². The first kappa shape index (κ1) is 19.6. The molecule has 1 aromatic rings. The minimum atomic E-state index is -0.766. The van der Waals surface area contributed by atoms with E-state index in [2.05, 4.69) is 15.2 Å². The average molecular weight is 337 g/mol. The van der Waals surface area contributed by atoms with Gasteiger partial charge < -0.3 is 20.4 Å². The van der Waals surface area contributed by atoms with E-state index in [1.54, 1.807) is 24.3 Å². The predicted octanol–water partition coefficient (Wildman–Crippen LogP) is 1.24. The van der Waals surface area contributed by atoms with Gasteiger partial charge in [0.05, 0.1) is 5.56 Å². The van der Waals surface area contributed by atoms with Crippen molar-refractivity contribution < 1.29 is 24.3 Å². The van der Waals surface area contributed by atoms with Crippen LogP contribution in [0.1, 0.15) is 36.5 Å². The molecule has 8 heteroatoms. The molecule has 0 aromatic heterocycles. The maximum Gasteiger partial charge on any atom is 0.339 e. The Morgan fingerprint density at radius 2 is 2.00 bits per heavy atom. The minimum absolute atomic E-state index is 0.119. The van der Waals surface area contributed by atoms with E-state index in [1.807, 2.05) is 6.07 Å². The molecule has 0 aliphatic heterocycles. The van der Waals surface area contributed by atoms with Crippen molar-refractivity contribution in [3.63, 3.8) is 0 Å². The summed E-state index contributed by atoms with van der Waals surface area (Å²) in [7, 11) is 0. The normalized spacial score (nSPS) is 12.5. The number of rotatable bonds is 9.